The molecule has 0 bridgehead atoms. The van der Waals surface area contributed by atoms with Gasteiger partial charge in [0.2, 0.25) is 0 Å². The van der Waals surface area contributed by atoms with Gasteiger partial charge in [-0.05, 0) is 48.1 Å². The van der Waals surface area contributed by atoms with Crippen molar-refractivity contribution in [1.82, 2.24) is 9.47 Å². The first-order chi connectivity index (χ1) is 12.7. The number of likely N-dealkylation sites (tertiary alicyclic amines) is 1. The first-order valence-electron chi connectivity index (χ1n) is 9.17. The lowest BCUT2D eigenvalue weighted by atomic mass is 9.98. The zero-order valence-corrected chi connectivity index (χ0v) is 15.1. The second-order valence-electron chi connectivity index (χ2n) is 7.25. The van der Waals surface area contributed by atoms with Crippen LogP contribution in [-0.4, -0.2) is 33.6 Å². The fourth-order valence-corrected chi connectivity index (χ4v) is 3.96. The van der Waals surface area contributed by atoms with Crippen LogP contribution < -0.4 is 0 Å². The monoisotopic (exact) mass is 348 g/mol. The van der Waals surface area contributed by atoms with Crippen molar-refractivity contribution in [3.8, 4) is 0 Å². The maximum absolute atomic E-state index is 13.0. The minimum absolute atomic E-state index is 0.0804. The van der Waals surface area contributed by atoms with E-state index in [9.17, 15) is 4.79 Å². The molecule has 3 aromatic rings. The highest BCUT2D eigenvalue weighted by Gasteiger charge is 2.28. The van der Waals surface area contributed by atoms with Crippen LogP contribution in [0.5, 0.6) is 0 Å². The summed E-state index contributed by atoms with van der Waals surface area (Å²) in [6, 6.07) is 16.1. The summed E-state index contributed by atoms with van der Waals surface area (Å²) in [5.41, 5.74) is 4.10. The van der Waals surface area contributed by atoms with E-state index < -0.39 is 0 Å². The second-order valence-corrected chi connectivity index (χ2v) is 7.25. The summed E-state index contributed by atoms with van der Waals surface area (Å²) in [4.78, 5) is 15.0. The molecule has 4 heteroatoms. The van der Waals surface area contributed by atoms with E-state index in [1.54, 1.807) is 0 Å². The van der Waals surface area contributed by atoms with Gasteiger partial charge in [-0.15, -0.1) is 0 Å². The van der Waals surface area contributed by atoms with E-state index in [1.165, 1.54) is 5.56 Å². The van der Waals surface area contributed by atoms with E-state index in [-0.39, 0.29) is 12.5 Å². The number of nitrogens with zero attached hydrogens (tertiary/aromatic N) is 2. The molecule has 1 saturated heterocycles. The highest BCUT2D eigenvalue weighted by Crippen LogP contribution is 2.26. The highest BCUT2D eigenvalue weighted by atomic mass is 16.3. The predicted octanol–water partition coefficient (Wildman–Crippen LogP) is 3.38. The average Bonchev–Trinajstić information content (AvgIpc) is 3.29. The third-order valence-electron chi connectivity index (χ3n) is 5.46. The number of carbonyl (C=O) groups is 1. The molecule has 1 atom stereocenters. The van der Waals surface area contributed by atoms with Crippen molar-refractivity contribution < 1.29 is 9.90 Å². The molecule has 0 spiro atoms. The minimum Gasteiger partial charge on any atom is -0.392 e. The SMILES string of the molecule is Cn1ccc2c(C(=O)N3CC[C@@H](Cc4ccc(CO)cc4)C3)cccc21. The summed E-state index contributed by atoms with van der Waals surface area (Å²) < 4.78 is 2.05. The molecule has 4 nitrogen and oxygen atoms in total. The lowest BCUT2D eigenvalue weighted by molar-refractivity contribution is 0.0789. The van der Waals surface area contributed by atoms with E-state index in [0.717, 1.165) is 48.0 Å². The number of benzene rings is 2. The molecule has 1 amide bonds. The third-order valence-corrected chi connectivity index (χ3v) is 5.46. The van der Waals surface area contributed by atoms with Gasteiger partial charge in [-0.1, -0.05) is 30.3 Å². The van der Waals surface area contributed by atoms with E-state index in [1.807, 2.05) is 48.5 Å². The Hall–Kier alpha value is -2.59. The van der Waals surface area contributed by atoms with Gasteiger partial charge in [0.15, 0.2) is 0 Å². The van der Waals surface area contributed by atoms with Crippen LogP contribution >= 0.6 is 0 Å². The highest BCUT2D eigenvalue weighted by molar-refractivity contribution is 6.06. The third kappa shape index (κ3) is 3.13. The van der Waals surface area contributed by atoms with Gasteiger partial charge in [0.05, 0.1) is 6.61 Å². The molecule has 2 aromatic carbocycles. The quantitative estimate of drug-likeness (QED) is 0.786. The number of hydrogen-bond donors (Lipinski definition) is 1. The lowest BCUT2D eigenvalue weighted by Gasteiger charge is -2.17. The summed E-state index contributed by atoms with van der Waals surface area (Å²) in [5.74, 6) is 0.633. The second kappa shape index (κ2) is 6.96. The van der Waals surface area contributed by atoms with Crippen LogP contribution in [0.25, 0.3) is 10.9 Å². The van der Waals surface area contributed by atoms with Gasteiger partial charge in [-0.2, -0.15) is 0 Å². The van der Waals surface area contributed by atoms with Gasteiger partial charge >= 0.3 is 0 Å². The summed E-state index contributed by atoms with van der Waals surface area (Å²) in [5, 5.41) is 10.2. The Labute approximate surface area is 153 Å². The molecule has 134 valence electrons. The standard InChI is InChI=1S/C22H24N2O2/c1-23-11-10-19-20(3-2-4-21(19)23)22(26)24-12-9-18(14-24)13-16-5-7-17(15-25)8-6-16/h2-8,10-11,18,25H,9,12-15H2,1H3/t18-/m0/s1. The summed E-state index contributed by atoms with van der Waals surface area (Å²) >= 11 is 0. The summed E-state index contributed by atoms with van der Waals surface area (Å²) in [7, 11) is 2.00. The van der Waals surface area contributed by atoms with Gasteiger partial charge in [0.1, 0.15) is 0 Å². The summed E-state index contributed by atoms with van der Waals surface area (Å²) in [6.45, 7) is 1.71. The molecule has 0 radical (unpaired) electrons. The van der Waals surface area contributed by atoms with Crippen LogP contribution in [0.15, 0.2) is 54.7 Å². The Morgan fingerprint density at radius 1 is 1.12 bits per heavy atom. The van der Waals surface area contributed by atoms with E-state index >= 15 is 0 Å². The molecular formula is C22H24N2O2. The number of aromatic nitrogens is 1. The number of fused-ring (bicyclic) bond motifs is 1. The number of rotatable bonds is 4. The molecule has 1 N–H and O–H groups in total. The normalized spacial score (nSPS) is 17.2. The van der Waals surface area contributed by atoms with Crippen LogP contribution in [0, 0.1) is 5.92 Å². The number of carbonyl (C=O) groups excluding carboxylic acids is 1. The number of aryl methyl sites for hydroxylation is 1. The van der Waals surface area contributed by atoms with Crippen molar-refractivity contribution in [1.29, 1.82) is 0 Å². The number of aliphatic hydroxyl groups is 1. The zero-order valence-electron chi connectivity index (χ0n) is 15.1. The smallest absolute Gasteiger partial charge is 0.254 e. The molecule has 26 heavy (non-hydrogen) atoms. The first-order valence-corrected chi connectivity index (χ1v) is 9.17. The Bertz CT molecular complexity index is 927. The molecule has 0 aliphatic carbocycles. The van der Waals surface area contributed by atoms with Gasteiger partial charge in [0.25, 0.3) is 5.91 Å². The van der Waals surface area contributed by atoms with Crippen molar-refractivity contribution in [2.75, 3.05) is 13.1 Å². The predicted molar refractivity (Wildman–Crippen MR) is 103 cm³/mol. The van der Waals surface area contributed by atoms with Crippen LogP contribution in [0.4, 0.5) is 0 Å². The first kappa shape index (κ1) is 16.9. The van der Waals surface area contributed by atoms with E-state index in [4.69, 9.17) is 5.11 Å². The minimum atomic E-state index is 0.0804. The van der Waals surface area contributed by atoms with Crippen LogP contribution in [-0.2, 0) is 20.1 Å². The Kier molecular flexibility index (Phi) is 4.51. The topological polar surface area (TPSA) is 45.5 Å². The van der Waals surface area contributed by atoms with Gasteiger partial charge in [-0.3, -0.25) is 4.79 Å². The molecule has 1 aliphatic rings. The molecule has 2 heterocycles. The van der Waals surface area contributed by atoms with Crippen molar-refractivity contribution in [2.45, 2.75) is 19.4 Å². The Morgan fingerprint density at radius 3 is 2.65 bits per heavy atom. The van der Waals surface area contributed by atoms with E-state index in [2.05, 4.69) is 22.8 Å². The van der Waals surface area contributed by atoms with Crippen LogP contribution in [0.1, 0.15) is 27.9 Å². The zero-order chi connectivity index (χ0) is 18.1. The largest absolute Gasteiger partial charge is 0.392 e. The van der Waals surface area contributed by atoms with Crippen LogP contribution in [0.3, 0.4) is 0 Å². The van der Waals surface area contributed by atoms with Crippen molar-refractivity contribution in [3.05, 3.63) is 71.4 Å². The molecular weight excluding hydrogens is 324 g/mol. The Balaban J connectivity index is 1.46. The van der Waals surface area contributed by atoms with Crippen LogP contribution in [0.2, 0.25) is 0 Å². The Morgan fingerprint density at radius 2 is 1.88 bits per heavy atom. The summed E-state index contributed by atoms with van der Waals surface area (Å²) in [6.07, 6.45) is 4.02. The van der Waals surface area contributed by atoms with Crippen molar-refractivity contribution in [3.63, 3.8) is 0 Å². The molecule has 4 rings (SSSR count). The van der Waals surface area contributed by atoms with Gasteiger partial charge < -0.3 is 14.6 Å². The fraction of sp³-hybridized carbons (Fsp3) is 0.318. The number of aliphatic hydroxyl groups excluding tert-OH is 1. The number of hydrogen-bond acceptors (Lipinski definition) is 2. The van der Waals surface area contributed by atoms with Crippen molar-refractivity contribution >= 4 is 16.8 Å². The fourth-order valence-electron chi connectivity index (χ4n) is 3.96. The van der Waals surface area contributed by atoms with Gasteiger partial charge in [-0.25, -0.2) is 0 Å². The van der Waals surface area contributed by atoms with Gasteiger partial charge in [0, 0.05) is 42.8 Å². The molecule has 1 aliphatic heterocycles. The molecule has 0 unspecified atom stereocenters. The molecule has 0 saturated carbocycles. The molecule has 1 aromatic heterocycles. The maximum Gasteiger partial charge on any atom is 0.254 e. The lowest BCUT2D eigenvalue weighted by Crippen LogP contribution is -2.29. The molecule has 1 fully saturated rings. The van der Waals surface area contributed by atoms with Crippen molar-refractivity contribution in [2.24, 2.45) is 13.0 Å². The average molecular weight is 348 g/mol. The van der Waals surface area contributed by atoms with E-state index in [0.29, 0.717) is 5.92 Å². The number of amides is 1. The maximum atomic E-state index is 13.0.